The third-order valence-corrected chi connectivity index (χ3v) is 9.04. The highest BCUT2D eigenvalue weighted by atomic mass is 35.5. The predicted molar refractivity (Wildman–Crippen MR) is 162 cm³/mol. The van der Waals surface area contributed by atoms with Crippen LogP contribution in [-0.2, 0) is 25.7 Å². The molecule has 3 fully saturated rings. The second-order valence-corrected chi connectivity index (χ2v) is 11.6. The van der Waals surface area contributed by atoms with E-state index in [2.05, 4.69) is 13.2 Å². The number of nitrogens with zero attached hydrogens (tertiary/aromatic N) is 3. The number of hydrogen-bond acceptors (Lipinski definition) is 5. The van der Waals surface area contributed by atoms with E-state index in [4.69, 9.17) is 16.3 Å². The van der Waals surface area contributed by atoms with Crippen molar-refractivity contribution in [3.8, 4) is 0 Å². The SMILES string of the molecule is C=CCN(Cc1ccccc1)C(=O)[C@@H]1[C@H]2C(=O)N(CCCCO)C(C(=O)N(CC=C)c3ccccc3Cl)C23CC[C@H]1O3. The minimum Gasteiger partial charge on any atom is -0.396 e. The smallest absolute Gasteiger partial charge is 0.253 e. The maximum Gasteiger partial charge on any atom is 0.253 e. The van der Waals surface area contributed by atoms with E-state index in [1.165, 1.54) is 0 Å². The van der Waals surface area contributed by atoms with Crippen molar-refractivity contribution >= 4 is 35.0 Å². The van der Waals surface area contributed by atoms with Crippen molar-refractivity contribution in [1.29, 1.82) is 0 Å². The van der Waals surface area contributed by atoms with Crippen LogP contribution in [0.2, 0.25) is 5.02 Å². The van der Waals surface area contributed by atoms with Crippen LogP contribution in [0.1, 0.15) is 31.2 Å². The molecule has 5 rings (SSSR count). The van der Waals surface area contributed by atoms with Gasteiger partial charge in [-0.3, -0.25) is 14.4 Å². The minimum atomic E-state index is -1.13. The Bertz CT molecular complexity index is 1340. The maximum atomic E-state index is 14.5. The first kappa shape index (κ1) is 30.0. The number of carbonyl (C=O) groups excluding carboxylic acids is 3. The molecule has 3 heterocycles. The van der Waals surface area contributed by atoms with E-state index in [0.29, 0.717) is 49.5 Å². The number of likely N-dealkylation sites (tertiary alicyclic amines) is 1. The Balaban J connectivity index is 1.52. The van der Waals surface area contributed by atoms with Gasteiger partial charge in [-0.1, -0.05) is 66.2 Å². The molecular formula is C33H38ClN3O5. The van der Waals surface area contributed by atoms with Crippen molar-refractivity contribution < 1.29 is 24.2 Å². The molecule has 2 bridgehead atoms. The van der Waals surface area contributed by atoms with Crippen molar-refractivity contribution in [3.63, 3.8) is 0 Å². The lowest BCUT2D eigenvalue weighted by atomic mass is 9.70. The highest BCUT2D eigenvalue weighted by Gasteiger charge is 2.74. The molecule has 2 aromatic carbocycles. The van der Waals surface area contributed by atoms with Crippen LogP contribution in [0.3, 0.4) is 0 Å². The van der Waals surface area contributed by atoms with Gasteiger partial charge in [0, 0.05) is 32.8 Å². The topological polar surface area (TPSA) is 90.4 Å². The molecule has 9 heteroatoms. The molecule has 0 aromatic heterocycles. The summed E-state index contributed by atoms with van der Waals surface area (Å²) in [6.45, 7) is 8.84. The molecule has 8 nitrogen and oxygen atoms in total. The van der Waals surface area contributed by atoms with Crippen molar-refractivity contribution in [2.75, 3.05) is 31.1 Å². The molecular weight excluding hydrogens is 554 g/mol. The fourth-order valence-corrected chi connectivity index (χ4v) is 7.24. The lowest BCUT2D eigenvalue weighted by Crippen LogP contribution is -2.56. The summed E-state index contributed by atoms with van der Waals surface area (Å²) in [4.78, 5) is 47.9. The van der Waals surface area contributed by atoms with Gasteiger partial charge in [0.05, 0.1) is 28.6 Å². The number of halogens is 1. The van der Waals surface area contributed by atoms with Crippen molar-refractivity contribution in [2.45, 2.75) is 50.0 Å². The molecule has 5 atom stereocenters. The lowest BCUT2D eigenvalue weighted by Gasteiger charge is -2.37. The zero-order valence-corrected chi connectivity index (χ0v) is 24.5. The number of unbranched alkanes of at least 4 members (excludes halogenated alkanes) is 1. The summed E-state index contributed by atoms with van der Waals surface area (Å²) in [5.74, 6) is -2.22. The molecule has 3 aliphatic rings. The molecule has 0 saturated carbocycles. The summed E-state index contributed by atoms with van der Waals surface area (Å²) in [5, 5.41) is 9.85. The number of rotatable bonds is 13. The van der Waals surface area contributed by atoms with Crippen LogP contribution in [0.4, 0.5) is 5.69 Å². The lowest BCUT2D eigenvalue weighted by molar-refractivity contribution is -0.145. The molecule has 0 aliphatic carbocycles. The highest BCUT2D eigenvalue weighted by Crippen LogP contribution is 2.59. The fourth-order valence-electron chi connectivity index (χ4n) is 7.01. The van der Waals surface area contributed by atoms with Gasteiger partial charge < -0.3 is 24.5 Å². The molecule has 2 aromatic rings. The summed E-state index contributed by atoms with van der Waals surface area (Å²) in [6, 6.07) is 15.8. The van der Waals surface area contributed by atoms with Gasteiger partial charge in [-0.2, -0.15) is 0 Å². The fraction of sp³-hybridized carbons (Fsp3) is 0.424. The average molecular weight is 592 g/mol. The Labute approximate surface area is 252 Å². The van der Waals surface area contributed by atoms with Crippen LogP contribution in [-0.4, -0.2) is 76.6 Å². The first-order chi connectivity index (χ1) is 20.4. The molecule has 3 amide bonds. The summed E-state index contributed by atoms with van der Waals surface area (Å²) in [6.07, 6.45) is 4.92. The van der Waals surface area contributed by atoms with Gasteiger partial charge in [0.25, 0.3) is 5.91 Å². The van der Waals surface area contributed by atoms with Gasteiger partial charge in [0.15, 0.2) is 0 Å². The number of aliphatic hydroxyl groups is 1. The Kier molecular flexibility index (Phi) is 9.16. The van der Waals surface area contributed by atoms with Gasteiger partial charge in [-0.05, 0) is 43.4 Å². The maximum absolute atomic E-state index is 14.5. The predicted octanol–water partition coefficient (Wildman–Crippen LogP) is 4.22. The largest absolute Gasteiger partial charge is 0.396 e. The number of para-hydroxylation sites is 1. The Hall–Kier alpha value is -3.46. The highest BCUT2D eigenvalue weighted by molar-refractivity contribution is 6.34. The van der Waals surface area contributed by atoms with E-state index in [-0.39, 0.29) is 37.4 Å². The summed E-state index contributed by atoms with van der Waals surface area (Å²) in [7, 11) is 0. The van der Waals surface area contributed by atoms with E-state index in [1.807, 2.05) is 30.3 Å². The number of hydrogen-bond donors (Lipinski definition) is 1. The first-order valence-corrected chi connectivity index (χ1v) is 14.9. The standard InChI is InChI=1S/C33H38ClN3O5/c1-3-18-35(22-23-12-6-5-7-13-23)30(39)27-26-16-17-33(42-26)28(27)31(40)37(20-10-11-21-38)29(33)32(41)36(19-4-2)25-15-9-8-14-24(25)34/h3-9,12-15,26-29,38H,1-2,10-11,16-22H2/t26-,27+,28+,29?,33?/m1/s1. The van der Waals surface area contributed by atoms with Crippen LogP contribution in [0.15, 0.2) is 79.9 Å². The molecule has 1 spiro atoms. The van der Waals surface area contributed by atoms with Crippen molar-refractivity contribution in [1.82, 2.24) is 9.80 Å². The monoisotopic (exact) mass is 591 g/mol. The Morgan fingerprint density at radius 2 is 1.76 bits per heavy atom. The Morgan fingerprint density at radius 3 is 2.45 bits per heavy atom. The van der Waals surface area contributed by atoms with E-state index in [9.17, 15) is 19.5 Å². The Morgan fingerprint density at radius 1 is 1.05 bits per heavy atom. The zero-order valence-electron chi connectivity index (χ0n) is 23.7. The zero-order chi connectivity index (χ0) is 29.9. The van der Waals surface area contributed by atoms with E-state index >= 15 is 0 Å². The van der Waals surface area contributed by atoms with E-state index < -0.39 is 29.6 Å². The van der Waals surface area contributed by atoms with Gasteiger partial charge in [0.1, 0.15) is 11.6 Å². The number of ether oxygens (including phenoxy) is 1. The number of fused-ring (bicyclic) bond motifs is 1. The van der Waals surface area contributed by atoms with Gasteiger partial charge in [0.2, 0.25) is 11.8 Å². The second-order valence-electron chi connectivity index (χ2n) is 11.2. The van der Waals surface area contributed by atoms with E-state index in [1.54, 1.807) is 51.1 Å². The van der Waals surface area contributed by atoms with Crippen LogP contribution >= 0.6 is 11.6 Å². The summed E-state index contributed by atoms with van der Waals surface area (Å²) in [5.41, 5.74) is 0.362. The molecule has 222 valence electrons. The normalized spacial score (nSPS) is 25.8. The minimum absolute atomic E-state index is 0.0207. The van der Waals surface area contributed by atoms with Crippen LogP contribution in [0.25, 0.3) is 0 Å². The molecule has 1 N–H and O–H groups in total. The number of carbonyl (C=O) groups is 3. The number of anilines is 1. The molecule has 42 heavy (non-hydrogen) atoms. The van der Waals surface area contributed by atoms with Gasteiger partial charge in [-0.15, -0.1) is 13.2 Å². The van der Waals surface area contributed by atoms with Crippen molar-refractivity contribution in [2.24, 2.45) is 11.8 Å². The summed E-state index contributed by atoms with van der Waals surface area (Å²) < 4.78 is 6.64. The van der Waals surface area contributed by atoms with E-state index in [0.717, 1.165) is 5.56 Å². The van der Waals surface area contributed by atoms with Gasteiger partial charge >= 0.3 is 0 Å². The molecule has 3 saturated heterocycles. The average Bonchev–Trinajstić information content (AvgIpc) is 3.64. The first-order valence-electron chi connectivity index (χ1n) is 14.6. The number of benzene rings is 2. The third kappa shape index (κ3) is 5.27. The molecule has 3 aliphatic heterocycles. The quantitative estimate of drug-likeness (QED) is 0.278. The summed E-state index contributed by atoms with van der Waals surface area (Å²) >= 11 is 6.53. The van der Waals surface area contributed by atoms with Crippen LogP contribution < -0.4 is 4.90 Å². The van der Waals surface area contributed by atoms with Gasteiger partial charge in [-0.25, -0.2) is 0 Å². The third-order valence-electron chi connectivity index (χ3n) is 8.72. The van der Waals surface area contributed by atoms with Crippen LogP contribution in [0.5, 0.6) is 0 Å². The number of amides is 3. The van der Waals surface area contributed by atoms with Crippen LogP contribution in [0, 0.1) is 11.8 Å². The number of aliphatic hydroxyl groups excluding tert-OH is 1. The molecule has 2 unspecified atom stereocenters. The van der Waals surface area contributed by atoms with Crippen molar-refractivity contribution in [3.05, 3.63) is 90.5 Å². The second kappa shape index (κ2) is 12.8. The molecule has 0 radical (unpaired) electrons.